The first kappa shape index (κ1) is 19.3. The van der Waals surface area contributed by atoms with Crippen LogP contribution in [0.25, 0.3) is 0 Å². The molecule has 5 nitrogen and oxygen atoms in total. The Morgan fingerprint density at radius 2 is 1.85 bits per heavy atom. The third-order valence-corrected chi connectivity index (χ3v) is 4.28. The lowest BCUT2D eigenvalue weighted by molar-refractivity contribution is 0.199. The summed E-state index contributed by atoms with van der Waals surface area (Å²) in [6.45, 7) is 4.22. The van der Waals surface area contributed by atoms with E-state index in [-0.39, 0.29) is 12.4 Å². The van der Waals surface area contributed by atoms with E-state index in [0.717, 1.165) is 5.56 Å². The quantitative estimate of drug-likeness (QED) is 0.670. The number of nitrogens with one attached hydrogen (secondary N) is 2. The molecule has 20 heavy (non-hydrogen) atoms. The molecule has 0 amide bonds. The number of hydrogen-bond acceptors (Lipinski definition) is 4. The number of hydrogen-bond donors (Lipinski definition) is 2. The lowest BCUT2D eigenvalue weighted by Gasteiger charge is -2.10. The van der Waals surface area contributed by atoms with Gasteiger partial charge in [0.15, 0.2) is 0 Å². The Labute approximate surface area is 127 Å². The van der Waals surface area contributed by atoms with Crippen LogP contribution in [0.4, 0.5) is 0 Å². The maximum atomic E-state index is 12.1. The van der Waals surface area contributed by atoms with E-state index < -0.39 is 10.0 Å². The second-order valence-corrected chi connectivity index (χ2v) is 5.84. The molecular weight excluding hydrogens is 300 g/mol. The second-order valence-electron chi connectivity index (χ2n) is 4.10. The van der Waals surface area contributed by atoms with Gasteiger partial charge in [-0.25, -0.2) is 13.1 Å². The largest absolute Gasteiger partial charge is 0.383 e. The van der Waals surface area contributed by atoms with Crippen molar-refractivity contribution in [3.63, 3.8) is 0 Å². The molecule has 0 aliphatic rings. The van der Waals surface area contributed by atoms with Crippen LogP contribution in [-0.2, 0) is 21.2 Å². The number of ether oxygens (including phenoxy) is 1. The molecule has 1 aromatic rings. The summed E-state index contributed by atoms with van der Waals surface area (Å²) < 4.78 is 31.8. The summed E-state index contributed by atoms with van der Waals surface area (Å²) in [6.07, 6.45) is 0.698. The number of methoxy groups -OCH3 is 1. The molecule has 1 aromatic carbocycles. The van der Waals surface area contributed by atoms with Crippen LogP contribution in [-0.4, -0.2) is 41.8 Å². The molecule has 0 spiro atoms. The standard InChI is InChI=1S/C13H22N2O3S.ClH/c1-3-12-6-4-5-7-13(12)19(16,17)15-9-8-14-10-11-18-2;/h4-7,14-15H,3,8-11H2,1-2H3;1H. The summed E-state index contributed by atoms with van der Waals surface area (Å²) in [5.41, 5.74) is 0.836. The predicted octanol–water partition coefficient (Wildman–Crippen LogP) is 1.19. The Kier molecular flexibility index (Phi) is 9.79. The summed E-state index contributed by atoms with van der Waals surface area (Å²) in [7, 11) is -1.79. The summed E-state index contributed by atoms with van der Waals surface area (Å²) >= 11 is 0. The number of benzene rings is 1. The molecule has 0 heterocycles. The van der Waals surface area contributed by atoms with Crippen molar-refractivity contribution < 1.29 is 13.2 Å². The first-order chi connectivity index (χ1) is 9.11. The van der Waals surface area contributed by atoms with Gasteiger partial charge < -0.3 is 10.1 Å². The minimum absolute atomic E-state index is 0. The van der Waals surface area contributed by atoms with E-state index >= 15 is 0 Å². The molecular formula is C13H23ClN2O3S. The van der Waals surface area contributed by atoms with Crippen molar-refractivity contribution in [1.82, 2.24) is 10.0 Å². The maximum Gasteiger partial charge on any atom is 0.240 e. The minimum Gasteiger partial charge on any atom is -0.383 e. The summed E-state index contributed by atoms with van der Waals surface area (Å²) in [4.78, 5) is 0.370. The fourth-order valence-corrected chi connectivity index (χ4v) is 3.05. The van der Waals surface area contributed by atoms with Gasteiger partial charge in [-0.05, 0) is 18.1 Å². The summed E-state index contributed by atoms with van der Waals surface area (Å²) in [5.74, 6) is 0. The van der Waals surface area contributed by atoms with Crippen LogP contribution in [0.2, 0.25) is 0 Å². The fourth-order valence-electron chi connectivity index (χ4n) is 1.71. The highest BCUT2D eigenvalue weighted by Crippen LogP contribution is 2.15. The van der Waals surface area contributed by atoms with E-state index in [1.807, 2.05) is 19.1 Å². The van der Waals surface area contributed by atoms with Gasteiger partial charge in [0.2, 0.25) is 10.0 Å². The van der Waals surface area contributed by atoms with Gasteiger partial charge in [0.25, 0.3) is 0 Å². The SMILES string of the molecule is CCc1ccccc1S(=O)(=O)NCCNCCOC.Cl. The smallest absolute Gasteiger partial charge is 0.240 e. The lowest BCUT2D eigenvalue weighted by Crippen LogP contribution is -2.33. The van der Waals surface area contributed by atoms with Crippen molar-refractivity contribution in [2.45, 2.75) is 18.2 Å². The average Bonchev–Trinajstić information content (AvgIpc) is 2.42. The molecule has 2 N–H and O–H groups in total. The van der Waals surface area contributed by atoms with Crippen LogP contribution >= 0.6 is 12.4 Å². The van der Waals surface area contributed by atoms with Gasteiger partial charge in [0.1, 0.15) is 0 Å². The number of rotatable bonds is 9. The third-order valence-electron chi connectivity index (χ3n) is 2.72. The molecule has 0 atom stereocenters. The highest BCUT2D eigenvalue weighted by Gasteiger charge is 2.16. The Morgan fingerprint density at radius 1 is 1.15 bits per heavy atom. The molecule has 0 bridgehead atoms. The molecule has 0 saturated heterocycles. The van der Waals surface area contributed by atoms with Gasteiger partial charge in [-0.2, -0.15) is 0 Å². The van der Waals surface area contributed by atoms with Crippen molar-refractivity contribution >= 4 is 22.4 Å². The normalized spacial score (nSPS) is 11.1. The third kappa shape index (κ3) is 6.19. The lowest BCUT2D eigenvalue weighted by atomic mass is 10.2. The van der Waals surface area contributed by atoms with Crippen LogP contribution < -0.4 is 10.0 Å². The molecule has 0 aliphatic carbocycles. The van der Waals surface area contributed by atoms with Gasteiger partial charge in [-0.15, -0.1) is 12.4 Å². The Morgan fingerprint density at radius 3 is 2.50 bits per heavy atom. The van der Waals surface area contributed by atoms with Crippen molar-refractivity contribution in [3.8, 4) is 0 Å². The van der Waals surface area contributed by atoms with E-state index in [1.54, 1.807) is 19.2 Å². The first-order valence-electron chi connectivity index (χ1n) is 6.39. The van der Waals surface area contributed by atoms with E-state index in [2.05, 4.69) is 10.0 Å². The second kappa shape index (κ2) is 10.1. The molecule has 7 heteroatoms. The molecule has 0 aliphatic heterocycles. The zero-order chi connectivity index (χ0) is 14.1. The zero-order valence-electron chi connectivity index (χ0n) is 11.9. The van der Waals surface area contributed by atoms with Gasteiger partial charge in [-0.3, -0.25) is 0 Å². The number of aryl methyl sites for hydroxylation is 1. The predicted molar refractivity (Wildman–Crippen MR) is 83.0 cm³/mol. The van der Waals surface area contributed by atoms with Crippen molar-refractivity contribution in [2.75, 3.05) is 33.4 Å². The maximum absolute atomic E-state index is 12.1. The zero-order valence-corrected chi connectivity index (χ0v) is 13.5. The summed E-state index contributed by atoms with van der Waals surface area (Å²) in [6, 6.07) is 7.07. The highest BCUT2D eigenvalue weighted by molar-refractivity contribution is 7.89. The fraction of sp³-hybridized carbons (Fsp3) is 0.538. The van der Waals surface area contributed by atoms with Gasteiger partial charge in [0.05, 0.1) is 11.5 Å². The van der Waals surface area contributed by atoms with Crippen LogP contribution in [0.5, 0.6) is 0 Å². The van der Waals surface area contributed by atoms with Gasteiger partial charge >= 0.3 is 0 Å². The molecule has 116 valence electrons. The van der Waals surface area contributed by atoms with E-state index in [4.69, 9.17) is 4.74 Å². The van der Waals surface area contributed by atoms with Crippen molar-refractivity contribution in [3.05, 3.63) is 29.8 Å². The number of halogens is 1. The van der Waals surface area contributed by atoms with Crippen LogP contribution in [0.1, 0.15) is 12.5 Å². The van der Waals surface area contributed by atoms with Gasteiger partial charge in [-0.1, -0.05) is 25.1 Å². The minimum atomic E-state index is -3.42. The summed E-state index contributed by atoms with van der Waals surface area (Å²) in [5, 5.41) is 3.09. The van der Waals surface area contributed by atoms with E-state index in [9.17, 15) is 8.42 Å². The first-order valence-corrected chi connectivity index (χ1v) is 7.87. The highest BCUT2D eigenvalue weighted by atomic mass is 35.5. The molecule has 0 fully saturated rings. The average molecular weight is 323 g/mol. The van der Waals surface area contributed by atoms with Crippen LogP contribution in [0.3, 0.4) is 0 Å². The van der Waals surface area contributed by atoms with Crippen molar-refractivity contribution in [2.24, 2.45) is 0 Å². The van der Waals surface area contributed by atoms with Crippen LogP contribution in [0, 0.1) is 0 Å². The topological polar surface area (TPSA) is 67.4 Å². The Bertz CT molecular complexity index is 480. The monoisotopic (exact) mass is 322 g/mol. The molecule has 0 unspecified atom stereocenters. The Hall–Kier alpha value is -0.660. The number of sulfonamides is 1. The molecule has 0 radical (unpaired) electrons. The molecule has 1 rings (SSSR count). The van der Waals surface area contributed by atoms with Crippen LogP contribution in [0.15, 0.2) is 29.2 Å². The molecule has 0 saturated carbocycles. The van der Waals surface area contributed by atoms with E-state index in [0.29, 0.717) is 37.6 Å². The van der Waals surface area contributed by atoms with Crippen molar-refractivity contribution in [1.29, 1.82) is 0 Å². The Balaban J connectivity index is 0.00000361. The van der Waals surface area contributed by atoms with Gasteiger partial charge in [0, 0.05) is 26.7 Å². The molecule has 0 aromatic heterocycles. The van der Waals surface area contributed by atoms with E-state index in [1.165, 1.54) is 0 Å².